The van der Waals surface area contributed by atoms with Crippen LogP contribution in [0.1, 0.15) is 70.4 Å². The summed E-state index contributed by atoms with van der Waals surface area (Å²) < 4.78 is 0. The normalized spacial score (nSPS) is 24.6. The number of unbranched alkanes of at least 4 members (excludes halogenated alkanes) is 1. The molecule has 0 bridgehead atoms. The van der Waals surface area contributed by atoms with Crippen molar-refractivity contribution in [3.05, 3.63) is 59.7 Å². The molecule has 0 spiro atoms. The predicted octanol–water partition coefficient (Wildman–Crippen LogP) is 2.71. The summed E-state index contributed by atoms with van der Waals surface area (Å²) >= 11 is 0. The molecule has 9 nitrogen and oxygen atoms in total. The summed E-state index contributed by atoms with van der Waals surface area (Å²) in [6, 6.07) is 5.61. The Morgan fingerprint density at radius 1 is 1.23 bits per heavy atom. The van der Waals surface area contributed by atoms with E-state index in [0.717, 1.165) is 24.2 Å². The fraction of sp³-hybridized carbons (Fsp3) is 0.516. The highest BCUT2D eigenvalue weighted by molar-refractivity contribution is 6.07. The molecule has 1 aliphatic heterocycles. The van der Waals surface area contributed by atoms with Gasteiger partial charge in [-0.1, -0.05) is 63.1 Å². The lowest BCUT2D eigenvalue weighted by Gasteiger charge is -2.42. The molecule has 0 aromatic heterocycles. The van der Waals surface area contributed by atoms with Crippen molar-refractivity contribution >= 4 is 23.5 Å². The summed E-state index contributed by atoms with van der Waals surface area (Å²) in [6.45, 7) is 5.48. The van der Waals surface area contributed by atoms with Crippen molar-refractivity contribution < 1.29 is 24.3 Å². The molecule has 0 radical (unpaired) electrons. The van der Waals surface area contributed by atoms with Gasteiger partial charge in [0.15, 0.2) is 5.78 Å². The number of benzene rings is 1. The van der Waals surface area contributed by atoms with Crippen LogP contribution in [0.2, 0.25) is 0 Å². The van der Waals surface area contributed by atoms with E-state index in [1.54, 1.807) is 49.4 Å². The van der Waals surface area contributed by atoms with Crippen molar-refractivity contribution in [2.24, 2.45) is 17.1 Å². The third kappa shape index (κ3) is 7.12. The maximum absolute atomic E-state index is 13.8. The highest BCUT2D eigenvalue weighted by Crippen LogP contribution is 2.37. The Balaban J connectivity index is 1.93. The van der Waals surface area contributed by atoms with Crippen LogP contribution in [0.3, 0.4) is 0 Å². The first-order valence-corrected chi connectivity index (χ1v) is 14.0. The van der Waals surface area contributed by atoms with E-state index in [1.165, 1.54) is 0 Å². The fourth-order valence-corrected chi connectivity index (χ4v) is 5.43. The lowest BCUT2D eigenvalue weighted by atomic mass is 9.70. The second-order valence-electron chi connectivity index (χ2n) is 11.1. The van der Waals surface area contributed by atoms with E-state index >= 15 is 0 Å². The van der Waals surface area contributed by atoms with Gasteiger partial charge in [0.05, 0.1) is 35.6 Å². The Labute approximate surface area is 236 Å². The molecule has 9 heteroatoms. The molecule has 3 rings (SSSR count). The molecular formula is C31H40N4O5. The molecule has 1 aromatic carbocycles. The first-order chi connectivity index (χ1) is 19.0. The maximum atomic E-state index is 13.8. The number of nitrogens with one attached hydrogen (secondary N) is 1. The van der Waals surface area contributed by atoms with Gasteiger partial charge in [-0.25, -0.2) is 0 Å². The molecule has 3 amide bonds. The summed E-state index contributed by atoms with van der Waals surface area (Å²) in [7, 11) is 0. The summed E-state index contributed by atoms with van der Waals surface area (Å²) in [6.07, 6.45) is 8.60. The third-order valence-corrected chi connectivity index (χ3v) is 7.92. The van der Waals surface area contributed by atoms with Gasteiger partial charge in [0, 0.05) is 6.42 Å². The van der Waals surface area contributed by atoms with E-state index in [1.807, 2.05) is 26.0 Å². The lowest BCUT2D eigenvalue weighted by Crippen LogP contribution is -2.66. The molecule has 214 valence electrons. The van der Waals surface area contributed by atoms with Crippen LogP contribution < -0.4 is 11.1 Å². The highest BCUT2D eigenvalue weighted by atomic mass is 16.3. The van der Waals surface area contributed by atoms with Gasteiger partial charge >= 0.3 is 0 Å². The quantitative estimate of drug-likeness (QED) is 0.363. The predicted molar refractivity (Wildman–Crippen MR) is 150 cm³/mol. The van der Waals surface area contributed by atoms with Gasteiger partial charge in [0.2, 0.25) is 11.8 Å². The molecular weight excluding hydrogens is 508 g/mol. The van der Waals surface area contributed by atoms with Crippen LogP contribution in [-0.4, -0.2) is 57.7 Å². The standard InChI is InChI=1S/C31H40N4O5/c1-4-5-9-20(2)26(36)17-27(37)35-25(18-31(28(38)21(3)33)14-7-6-8-15-31)29(39)34-24(30(35)40)16-22-10-12-23(19-32)13-11-22/h6-8,10-14,20-21,24-26,36H,4-5,9,15-18,33H2,1-3H3,(H,34,39)/t20-,21-,24+,25+,26-,31?/m0/s1. The van der Waals surface area contributed by atoms with Gasteiger partial charge in [-0.3, -0.25) is 24.1 Å². The maximum Gasteiger partial charge on any atom is 0.252 e. The van der Waals surface area contributed by atoms with Crippen molar-refractivity contribution in [1.29, 1.82) is 5.26 Å². The zero-order valence-electron chi connectivity index (χ0n) is 23.5. The summed E-state index contributed by atoms with van der Waals surface area (Å²) in [4.78, 5) is 55.3. The number of allylic oxidation sites excluding steroid dienone is 4. The van der Waals surface area contributed by atoms with Crippen molar-refractivity contribution in [2.75, 3.05) is 0 Å². The van der Waals surface area contributed by atoms with Gasteiger partial charge in [-0.2, -0.15) is 5.26 Å². The van der Waals surface area contributed by atoms with E-state index in [9.17, 15) is 24.3 Å². The molecule has 6 atom stereocenters. The Kier molecular flexibility index (Phi) is 10.5. The van der Waals surface area contributed by atoms with Crippen LogP contribution in [0, 0.1) is 22.7 Å². The van der Waals surface area contributed by atoms with Crippen LogP contribution in [0.15, 0.2) is 48.6 Å². The van der Waals surface area contributed by atoms with Gasteiger partial charge in [-0.15, -0.1) is 0 Å². The smallest absolute Gasteiger partial charge is 0.252 e. The number of piperazine rings is 1. The number of nitrogens with two attached hydrogens (primary N) is 1. The van der Waals surface area contributed by atoms with Crippen LogP contribution in [0.5, 0.6) is 0 Å². The van der Waals surface area contributed by atoms with Gasteiger partial charge in [0.1, 0.15) is 12.1 Å². The average molecular weight is 549 g/mol. The summed E-state index contributed by atoms with van der Waals surface area (Å²) in [5.74, 6) is -2.23. The van der Waals surface area contributed by atoms with E-state index in [4.69, 9.17) is 11.0 Å². The number of ketones is 1. The van der Waals surface area contributed by atoms with Crippen molar-refractivity contribution in [2.45, 2.75) is 89.9 Å². The van der Waals surface area contributed by atoms with E-state index < -0.39 is 47.4 Å². The molecule has 0 saturated carbocycles. The van der Waals surface area contributed by atoms with Crippen LogP contribution >= 0.6 is 0 Å². The minimum atomic E-state index is -1.24. The number of imide groups is 1. The average Bonchev–Trinajstić information content (AvgIpc) is 2.94. The second-order valence-corrected chi connectivity index (χ2v) is 11.1. The topological polar surface area (TPSA) is 154 Å². The third-order valence-electron chi connectivity index (χ3n) is 7.92. The Hall–Kier alpha value is -3.61. The van der Waals surface area contributed by atoms with Crippen LogP contribution in [-0.2, 0) is 25.6 Å². The number of nitriles is 1. The number of nitrogens with zero attached hydrogens (tertiary/aromatic N) is 2. The van der Waals surface area contributed by atoms with Gasteiger partial charge in [-0.05, 0) is 49.8 Å². The summed E-state index contributed by atoms with van der Waals surface area (Å²) in [5.41, 5.74) is 5.99. The van der Waals surface area contributed by atoms with E-state index in [2.05, 4.69) is 5.32 Å². The summed E-state index contributed by atoms with van der Waals surface area (Å²) in [5, 5.41) is 22.6. The van der Waals surface area contributed by atoms with Crippen molar-refractivity contribution in [3.63, 3.8) is 0 Å². The number of carbonyl (C=O) groups excluding carboxylic acids is 4. The monoisotopic (exact) mass is 548 g/mol. The first kappa shape index (κ1) is 30.9. The number of carbonyl (C=O) groups is 4. The number of aliphatic hydroxyl groups excluding tert-OH is 1. The lowest BCUT2D eigenvalue weighted by molar-refractivity contribution is -0.161. The highest BCUT2D eigenvalue weighted by Gasteiger charge is 2.49. The number of rotatable bonds is 12. The zero-order valence-corrected chi connectivity index (χ0v) is 23.5. The van der Waals surface area contributed by atoms with Crippen LogP contribution in [0.4, 0.5) is 0 Å². The minimum absolute atomic E-state index is 0.109. The zero-order chi connectivity index (χ0) is 29.4. The Morgan fingerprint density at radius 2 is 1.93 bits per heavy atom. The molecule has 1 fully saturated rings. The molecule has 1 heterocycles. The van der Waals surface area contributed by atoms with Crippen molar-refractivity contribution in [3.8, 4) is 6.07 Å². The molecule has 4 N–H and O–H groups in total. The number of hydrogen-bond donors (Lipinski definition) is 3. The molecule has 40 heavy (non-hydrogen) atoms. The molecule has 1 aliphatic carbocycles. The SMILES string of the molecule is CCCC[C@H](C)[C@@H](O)CC(=O)N1C(=O)[C@@H](Cc2ccc(C#N)cc2)NC(=O)[C@H]1CC1(C(=O)[C@H](C)N)C=CC=CC1. The number of Topliss-reactive ketones (excluding diaryl/α,β-unsaturated/α-hetero) is 1. The number of hydrogen-bond acceptors (Lipinski definition) is 7. The molecule has 1 saturated heterocycles. The fourth-order valence-electron chi connectivity index (χ4n) is 5.43. The van der Waals surface area contributed by atoms with E-state index in [-0.39, 0.29) is 37.4 Å². The van der Waals surface area contributed by atoms with Gasteiger partial charge in [0.25, 0.3) is 5.91 Å². The van der Waals surface area contributed by atoms with E-state index in [0.29, 0.717) is 11.1 Å². The Morgan fingerprint density at radius 3 is 2.50 bits per heavy atom. The van der Waals surface area contributed by atoms with Crippen molar-refractivity contribution in [1.82, 2.24) is 10.2 Å². The molecule has 2 aliphatic rings. The molecule has 1 aromatic rings. The minimum Gasteiger partial charge on any atom is -0.392 e. The Bertz CT molecular complexity index is 1200. The van der Waals surface area contributed by atoms with Gasteiger partial charge < -0.3 is 16.2 Å². The first-order valence-electron chi connectivity index (χ1n) is 14.0. The second kappa shape index (κ2) is 13.6. The number of amides is 3. The number of aliphatic hydroxyl groups is 1. The molecule has 1 unspecified atom stereocenters. The largest absolute Gasteiger partial charge is 0.392 e. The van der Waals surface area contributed by atoms with Crippen LogP contribution in [0.25, 0.3) is 0 Å².